The summed E-state index contributed by atoms with van der Waals surface area (Å²) < 4.78 is 17.7. The van der Waals surface area contributed by atoms with Gasteiger partial charge in [-0.25, -0.2) is 9.59 Å². The van der Waals surface area contributed by atoms with E-state index in [0.29, 0.717) is 6.42 Å². The Morgan fingerprint density at radius 2 is 2.30 bits per heavy atom. The van der Waals surface area contributed by atoms with Crippen molar-refractivity contribution in [1.29, 1.82) is 0 Å². The number of amides is 1. The largest absolute Gasteiger partial charge is 0.459 e. The lowest BCUT2D eigenvalue weighted by molar-refractivity contribution is -0.163. The first-order valence-corrected chi connectivity index (χ1v) is 10.2. The summed E-state index contributed by atoms with van der Waals surface area (Å²) in [5.74, 6) is -0.719. The molecule has 11 heteroatoms. The van der Waals surface area contributed by atoms with Crippen molar-refractivity contribution in [1.82, 2.24) is 20.2 Å². The van der Waals surface area contributed by atoms with Crippen molar-refractivity contribution in [2.45, 2.75) is 57.7 Å². The third kappa shape index (κ3) is 5.35. The molecule has 166 valence electrons. The molecule has 1 aromatic heterocycles. The minimum absolute atomic E-state index is 0.0968. The van der Waals surface area contributed by atoms with Crippen LogP contribution in [0.1, 0.15) is 39.3 Å². The smallest absolute Gasteiger partial charge is 0.351 e. The molecule has 0 saturated carbocycles. The summed E-state index contributed by atoms with van der Waals surface area (Å²) in [5.41, 5.74) is 4.93. The van der Waals surface area contributed by atoms with Gasteiger partial charge in [-0.1, -0.05) is 20.3 Å². The second-order valence-corrected chi connectivity index (χ2v) is 7.55. The highest BCUT2D eigenvalue weighted by atomic mass is 16.7. The van der Waals surface area contributed by atoms with Gasteiger partial charge in [-0.15, -0.1) is 0 Å². The average molecular weight is 423 g/mol. The van der Waals surface area contributed by atoms with Gasteiger partial charge < -0.3 is 30.6 Å². The van der Waals surface area contributed by atoms with Crippen molar-refractivity contribution in [2.24, 2.45) is 5.92 Å². The Morgan fingerprint density at radius 1 is 1.50 bits per heavy atom. The van der Waals surface area contributed by atoms with E-state index in [2.05, 4.69) is 15.6 Å². The second kappa shape index (κ2) is 10.0. The summed E-state index contributed by atoms with van der Waals surface area (Å²) in [7, 11) is 0. The number of aromatic nitrogens is 2. The lowest BCUT2D eigenvalue weighted by Crippen LogP contribution is -2.51. The summed E-state index contributed by atoms with van der Waals surface area (Å²) in [4.78, 5) is 40.6. The Kier molecular flexibility index (Phi) is 7.40. The third-order valence-corrected chi connectivity index (χ3v) is 5.40. The maximum atomic E-state index is 12.6. The number of nitrogens with two attached hydrogens (primary N) is 1. The Hall–Kier alpha value is -2.50. The van der Waals surface area contributed by atoms with Crippen LogP contribution < -0.4 is 22.1 Å². The molecule has 3 rings (SSSR count). The number of rotatable bonds is 8. The molecule has 11 nitrogen and oxygen atoms in total. The quantitative estimate of drug-likeness (QED) is 0.472. The van der Waals surface area contributed by atoms with Gasteiger partial charge in [0.05, 0.1) is 12.6 Å². The number of nitrogens with zero attached hydrogens (tertiary/aromatic N) is 2. The van der Waals surface area contributed by atoms with Crippen molar-refractivity contribution < 1.29 is 23.8 Å². The second-order valence-electron chi connectivity index (χ2n) is 7.55. The van der Waals surface area contributed by atoms with Gasteiger partial charge in [0.25, 0.3) is 0 Å². The van der Waals surface area contributed by atoms with Gasteiger partial charge in [-0.2, -0.15) is 4.98 Å². The third-order valence-electron chi connectivity index (χ3n) is 5.40. The standard InChI is InChI=1S/C19H29N5O6/c1-3-11(2)16(23-17(25)12-5-4-7-21-12)18(26)29-10-15-28-9-14(30-15)24-8-6-13(20)22-19(24)27/h6,8,11-12,14-16,21H,3-5,7,9-10H2,1-2H3,(H,23,25)(H2,20,22,27)/t11?,12?,14-,15-,16?/m1/s1. The molecule has 0 aliphatic carbocycles. The number of ether oxygens (including phenoxy) is 3. The molecule has 2 aliphatic rings. The van der Waals surface area contributed by atoms with Crippen molar-refractivity contribution >= 4 is 17.7 Å². The van der Waals surface area contributed by atoms with E-state index in [1.807, 2.05) is 13.8 Å². The molecule has 1 aromatic rings. The zero-order valence-electron chi connectivity index (χ0n) is 17.2. The Morgan fingerprint density at radius 3 is 2.97 bits per heavy atom. The first kappa shape index (κ1) is 22.2. The fraction of sp³-hybridized carbons (Fsp3) is 0.684. The number of esters is 1. The van der Waals surface area contributed by atoms with Crippen LogP contribution in [0, 0.1) is 5.92 Å². The maximum Gasteiger partial charge on any atom is 0.351 e. The topological polar surface area (TPSA) is 147 Å². The molecular weight excluding hydrogens is 394 g/mol. The van der Waals surface area contributed by atoms with Crippen LogP contribution in [0.15, 0.2) is 17.1 Å². The molecule has 0 bridgehead atoms. The first-order valence-electron chi connectivity index (χ1n) is 10.2. The van der Waals surface area contributed by atoms with Gasteiger partial charge in [0.1, 0.15) is 18.5 Å². The van der Waals surface area contributed by atoms with E-state index in [-0.39, 0.29) is 36.9 Å². The van der Waals surface area contributed by atoms with Gasteiger partial charge in [0, 0.05) is 6.20 Å². The minimum Gasteiger partial charge on any atom is -0.459 e. The molecular formula is C19H29N5O6. The lowest BCUT2D eigenvalue weighted by Gasteiger charge is -2.24. The van der Waals surface area contributed by atoms with E-state index in [1.54, 1.807) is 0 Å². The van der Waals surface area contributed by atoms with Crippen LogP contribution in [0.25, 0.3) is 0 Å². The molecule has 2 saturated heterocycles. The average Bonchev–Trinajstić information content (AvgIpc) is 3.41. The summed E-state index contributed by atoms with van der Waals surface area (Å²) in [5, 5.41) is 5.93. The normalized spacial score (nSPS) is 25.6. The Balaban J connectivity index is 1.53. The van der Waals surface area contributed by atoms with Gasteiger partial charge >= 0.3 is 11.7 Å². The number of nitrogen functional groups attached to an aromatic ring is 1. The molecule has 0 spiro atoms. The zero-order chi connectivity index (χ0) is 21.7. The van der Waals surface area contributed by atoms with E-state index < -0.39 is 30.2 Å². The van der Waals surface area contributed by atoms with Gasteiger partial charge in [-0.05, 0) is 31.4 Å². The van der Waals surface area contributed by atoms with E-state index in [1.165, 1.54) is 16.8 Å². The highest BCUT2D eigenvalue weighted by Gasteiger charge is 2.33. The summed E-state index contributed by atoms with van der Waals surface area (Å²) in [6, 6.07) is 0.445. The molecule has 2 fully saturated rings. The van der Waals surface area contributed by atoms with E-state index >= 15 is 0 Å². The monoisotopic (exact) mass is 423 g/mol. The molecule has 4 N–H and O–H groups in total. The molecule has 5 atom stereocenters. The summed E-state index contributed by atoms with van der Waals surface area (Å²) in [6.45, 7) is 4.56. The summed E-state index contributed by atoms with van der Waals surface area (Å²) in [6.07, 6.45) is 2.34. The fourth-order valence-corrected chi connectivity index (χ4v) is 3.39. The fourth-order valence-electron chi connectivity index (χ4n) is 3.39. The Labute approximate surface area is 174 Å². The lowest BCUT2D eigenvalue weighted by atomic mass is 9.98. The van der Waals surface area contributed by atoms with Crippen LogP contribution in [-0.4, -0.2) is 59.6 Å². The van der Waals surface area contributed by atoms with Crippen molar-refractivity contribution in [3.8, 4) is 0 Å². The molecule has 30 heavy (non-hydrogen) atoms. The zero-order valence-corrected chi connectivity index (χ0v) is 17.2. The predicted octanol–water partition coefficient (Wildman–Crippen LogP) is -0.477. The number of hydrogen-bond donors (Lipinski definition) is 3. The molecule has 3 heterocycles. The highest BCUT2D eigenvalue weighted by Crippen LogP contribution is 2.20. The molecule has 3 unspecified atom stereocenters. The van der Waals surface area contributed by atoms with Crippen molar-refractivity contribution in [3.63, 3.8) is 0 Å². The highest BCUT2D eigenvalue weighted by molar-refractivity contribution is 5.87. The maximum absolute atomic E-state index is 12.6. The molecule has 1 amide bonds. The van der Waals surface area contributed by atoms with Crippen LogP contribution in [0.3, 0.4) is 0 Å². The minimum atomic E-state index is -0.826. The number of carbonyl (C=O) groups excluding carboxylic acids is 2. The molecule has 0 radical (unpaired) electrons. The van der Waals surface area contributed by atoms with Crippen molar-refractivity contribution in [2.75, 3.05) is 25.5 Å². The van der Waals surface area contributed by atoms with Gasteiger partial charge in [0.15, 0.2) is 12.5 Å². The van der Waals surface area contributed by atoms with Gasteiger partial charge in [-0.3, -0.25) is 9.36 Å². The summed E-state index contributed by atoms with van der Waals surface area (Å²) >= 11 is 0. The Bertz CT molecular complexity index is 809. The van der Waals surface area contributed by atoms with Crippen LogP contribution in [0.2, 0.25) is 0 Å². The van der Waals surface area contributed by atoms with Crippen molar-refractivity contribution in [3.05, 3.63) is 22.7 Å². The van der Waals surface area contributed by atoms with E-state index in [0.717, 1.165) is 19.4 Å². The molecule has 2 aliphatic heterocycles. The number of nitrogens with one attached hydrogen (secondary N) is 2. The SMILES string of the molecule is CCC(C)C(NC(=O)C1CCCN1)C(=O)OC[C@@H]1OC[C@H](n2ccc(N)nc2=O)O1. The van der Waals surface area contributed by atoms with E-state index in [9.17, 15) is 14.4 Å². The molecule has 0 aromatic carbocycles. The number of anilines is 1. The first-order chi connectivity index (χ1) is 14.4. The predicted molar refractivity (Wildman–Crippen MR) is 106 cm³/mol. The van der Waals surface area contributed by atoms with Crippen LogP contribution in [0.5, 0.6) is 0 Å². The van der Waals surface area contributed by atoms with E-state index in [4.69, 9.17) is 19.9 Å². The van der Waals surface area contributed by atoms with Crippen LogP contribution >= 0.6 is 0 Å². The number of hydrogen-bond acceptors (Lipinski definition) is 9. The van der Waals surface area contributed by atoms with Crippen LogP contribution in [0.4, 0.5) is 5.82 Å². The van der Waals surface area contributed by atoms with Gasteiger partial charge in [0.2, 0.25) is 5.91 Å². The van der Waals surface area contributed by atoms with Crippen LogP contribution in [-0.2, 0) is 23.8 Å². The number of carbonyl (C=O) groups is 2.